The van der Waals surface area contributed by atoms with E-state index in [2.05, 4.69) is 27.4 Å². The Hall–Kier alpha value is -2.62. The largest absolute Gasteiger partial charge is 0.342 e. The van der Waals surface area contributed by atoms with Gasteiger partial charge >= 0.3 is 0 Å². The minimum absolute atomic E-state index is 0.0246. The van der Waals surface area contributed by atoms with Crippen molar-refractivity contribution in [3.8, 4) is 0 Å². The molecule has 0 spiro atoms. The van der Waals surface area contributed by atoms with Gasteiger partial charge in [-0.3, -0.25) is 4.79 Å². The molecule has 1 aromatic heterocycles. The van der Waals surface area contributed by atoms with Crippen LogP contribution in [0.25, 0.3) is 11.0 Å². The van der Waals surface area contributed by atoms with Crippen molar-refractivity contribution in [2.24, 2.45) is 5.92 Å². The van der Waals surface area contributed by atoms with Crippen molar-refractivity contribution in [2.45, 2.75) is 19.8 Å². The van der Waals surface area contributed by atoms with Crippen LogP contribution in [0, 0.1) is 12.8 Å². The third kappa shape index (κ3) is 2.26. The number of anilines is 1. The van der Waals surface area contributed by atoms with Gasteiger partial charge in [-0.1, -0.05) is 24.3 Å². The van der Waals surface area contributed by atoms with Crippen LogP contribution in [0.15, 0.2) is 42.5 Å². The van der Waals surface area contributed by atoms with Crippen LogP contribution in [0.5, 0.6) is 0 Å². The van der Waals surface area contributed by atoms with Gasteiger partial charge in [-0.15, -0.1) is 0 Å². The maximum atomic E-state index is 12.5. The van der Waals surface area contributed by atoms with Crippen molar-refractivity contribution in [3.63, 3.8) is 0 Å². The lowest BCUT2D eigenvalue weighted by Gasteiger charge is -2.10. The number of benzene rings is 2. The van der Waals surface area contributed by atoms with Crippen molar-refractivity contribution in [1.82, 2.24) is 9.97 Å². The highest BCUT2D eigenvalue weighted by atomic mass is 16.1. The van der Waals surface area contributed by atoms with E-state index in [1.165, 1.54) is 11.1 Å². The summed E-state index contributed by atoms with van der Waals surface area (Å²) in [6.45, 7) is 1.92. The SMILES string of the molecule is Cc1nc2ccc(NC(=O)C3Cc4ccccc4C3)cc2[nH]1. The van der Waals surface area contributed by atoms with E-state index in [0.717, 1.165) is 35.4 Å². The molecule has 1 amide bonds. The van der Waals surface area contributed by atoms with Crippen LogP contribution in [-0.4, -0.2) is 15.9 Å². The number of aromatic nitrogens is 2. The fourth-order valence-electron chi connectivity index (χ4n) is 3.20. The van der Waals surface area contributed by atoms with Crippen molar-refractivity contribution in [2.75, 3.05) is 5.32 Å². The predicted octanol–water partition coefficient (Wildman–Crippen LogP) is 3.22. The van der Waals surface area contributed by atoms with Crippen molar-refractivity contribution in [1.29, 1.82) is 0 Å². The molecule has 2 aromatic carbocycles. The first-order valence-corrected chi connectivity index (χ1v) is 7.53. The highest BCUT2D eigenvalue weighted by Crippen LogP contribution is 2.27. The highest BCUT2D eigenvalue weighted by Gasteiger charge is 2.27. The summed E-state index contributed by atoms with van der Waals surface area (Å²) in [7, 11) is 0. The summed E-state index contributed by atoms with van der Waals surface area (Å²) < 4.78 is 0. The molecule has 4 heteroatoms. The fourth-order valence-corrected chi connectivity index (χ4v) is 3.20. The quantitative estimate of drug-likeness (QED) is 0.761. The van der Waals surface area contributed by atoms with E-state index in [9.17, 15) is 4.79 Å². The zero-order valence-corrected chi connectivity index (χ0v) is 12.4. The first-order valence-electron chi connectivity index (χ1n) is 7.53. The first-order chi connectivity index (χ1) is 10.7. The summed E-state index contributed by atoms with van der Waals surface area (Å²) in [5.74, 6) is 0.994. The Kier molecular flexibility index (Phi) is 2.96. The number of amides is 1. The molecular formula is C18H17N3O. The van der Waals surface area contributed by atoms with Gasteiger partial charge in [-0.2, -0.15) is 0 Å². The molecule has 4 nitrogen and oxygen atoms in total. The number of carbonyl (C=O) groups is 1. The van der Waals surface area contributed by atoms with Crippen LogP contribution in [0.3, 0.4) is 0 Å². The molecule has 0 aliphatic heterocycles. The van der Waals surface area contributed by atoms with E-state index < -0.39 is 0 Å². The normalized spacial score (nSPS) is 14.2. The van der Waals surface area contributed by atoms with Gasteiger partial charge in [0.1, 0.15) is 5.82 Å². The van der Waals surface area contributed by atoms with Gasteiger partial charge in [0.15, 0.2) is 0 Å². The van der Waals surface area contributed by atoms with Crippen LogP contribution in [0.4, 0.5) is 5.69 Å². The number of hydrogen-bond acceptors (Lipinski definition) is 2. The second-order valence-electron chi connectivity index (χ2n) is 5.92. The number of imidazole rings is 1. The molecule has 2 N–H and O–H groups in total. The number of H-pyrrole nitrogens is 1. The molecule has 0 saturated carbocycles. The van der Waals surface area contributed by atoms with Gasteiger partial charge in [0.25, 0.3) is 0 Å². The van der Waals surface area contributed by atoms with Crippen LogP contribution < -0.4 is 5.32 Å². The Balaban J connectivity index is 1.52. The van der Waals surface area contributed by atoms with Gasteiger partial charge in [-0.05, 0) is 49.1 Å². The van der Waals surface area contributed by atoms with E-state index in [4.69, 9.17) is 0 Å². The Morgan fingerprint density at radius 2 is 1.91 bits per heavy atom. The molecule has 3 aromatic rings. The maximum absolute atomic E-state index is 12.5. The molecular weight excluding hydrogens is 274 g/mol. The standard InChI is InChI=1S/C18H17N3O/c1-11-19-16-7-6-15(10-17(16)20-11)21-18(22)14-8-12-4-2-3-5-13(12)9-14/h2-7,10,14H,8-9H2,1H3,(H,19,20)(H,21,22). The van der Waals surface area contributed by atoms with Crippen molar-refractivity contribution in [3.05, 3.63) is 59.4 Å². The topological polar surface area (TPSA) is 57.8 Å². The Morgan fingerprint density at radius 1 is 1.18 bits per heavy atom. The monoisotopic (exact) mass is 291 g/mol. The van der Waals surface area contributed by atoms with Crippen LogP contribution >= 0.6 is 0 Å². The summed E-state index contributed by atoms with van der Waals surface area (Å²) >= 11 is 0. The average molecular weight is 291 g/mol. The number of aromatic amines is 1. The molecule has 0 saturated heterocycles. The fraction of sp³-hybridized carbons (Fsp3) is 0.222. The molecule has 4 rings (SSSR count). The van der Waals surface area contributed by atoms with Crippen LogP contribution in [0.2, 0.25) is 0 Å². The van der Waals surface area contributed by atoms with Crippen molar-refractivity contribution >= 4 is 22.6 Å². The summed E-state index contributed by atoms with van der Waals surface area (Å²) in [6.07, 6.45) is 1.65. The molecule has 0 fully saturated rings. The molecule has 0 radical (unpaired) electrons. The van der Waals surface area contributed by atoms with E-state index in [1.54, 1.807) is 0 Å². The first kappa shape index (κ1) is 13.1. The van der Waals surface area contributed by atoms with E-state index in [1.807, 2.05) is 37.3 Å². The smallest absolute Gasteiger partial charge is 0.228 e. The number of nitrogens with one attached hydrogen (secondary N) is 2. The Bertz CT molecular complexity index is 841. The number of carbonyl (C=O) groups excluding carboxylic acids is 1. The second kappa shape index (κ2) is 4.98. The van der Waals surface area contributed by atoms with Gasteiger partial charge < -0.3 is 10.3 Å². The molecule has 1 heterocycles. The Labute approximate surface area is 128 Å². The third-order valence-corrected chi connectivity index (χ3v) is 4.29. The lowest BCUT2D eigenvalue weighted by molar-refractivity contribution is -0.119. The molecule has 0 bridgehead atoms. The molecule has 0 unspecified atom stereocenters. The maximum Gasteiger partial charge on any atom is 0.228 e. The number of nitrogens with zero attached hydrogens (tertiary/aromatic N) is 1. The molecule has 1 aliphatic rings. The van der Waals surface area contributed by atoms with Crippen LogP contribution in [-0.2, 0) is 17.6 Å². The minimum Gasteiger partial charge on any atom is -0.342 e. The predicted molar refractivity (Wildman–Crippen MR) is 86.8 cm³/mol. The number of aryl methyl sites for hydroxylation is 1. The average Bonchev–Trinajstić information content (AvgIpc) is 3.08. The number of hydrogen-bond donors (Lipinski definition) is 2. The zero-order valence-electron chi connectivity index (χ0n) is 12.4. The Morgan fingerprint density at radius 3 is 2.64 bits per heavy atom. The summed E-state index contributed by atoms with van der Waals surface area (Å²) in [4.78, 5) is 20.1. The number of fused-ring (bicyclic) bond motifs is 2. The zero-order chi connectivity index (χ0) is 15.1. The van der Waals surface area contributed by atoms with Gasteiger partial charge in [0.05, 0.1) is 11.0 Å². The van der Waals surface area contributed by atoms with E-state index in [0.29, 0.717) is 0 Å². The molecule has 110 valence electrons. The summed E-state index contributed by atoms with van der Waals surface area (Å²) in [5, 5.41) is 3.03. The van der Waals surface area contributed by atoms with Crippen molar-refractivity contribution < 1.29 is 4.79 Å². The van der Waals surface area contributed by atoms with Gasteiger partial charge in [0.2, 0.25) is 5.91 Å². The second-order valence-corrected chi connectivity index (χ2v) is 5.92. The third-order valence-electron chi connectivity index (χ3n) is 4.29. The molecule has 0 atom stereocenters. The summed E-state index contributed by atoms with van der Waals surface area (Å²) in [5.41, 5.74) is 5.27. The molecule has 22 heavy (non-hydrogen) atoms. The lowest BCUT2D eigenvalue weighted by Crippen LogP contribution is -2.23. The molecule has 1 aliphatic carbocycles. The minimum atomic E-state index is 0.0246. The van der Waals surface area contributed by atoms with E-state index >= 15 is 0 Å². The summed E-state index contributed by atoms with van der Waals surface area (Å²) in [6, 6.07) is 14.1. The lowest BCUT2D eigenvalue weighted by atomic mass is 10.1. The van der Waals surface area contributed by atoms with Gasteiger partial charge in [-0.25, -0.2) is 4.98 Å². The number of rotatable bonds is 2. The highest BCUT2D eigenvalue weighted by molar-refractivity contribution is 5.95. The van der Waals surface area contributed by atoms with Gasteiger partial charge in [0, 0.05) is 11.6 Å². The van der Waals surface area contributed by atoms with Crippen LogP contribution in [0.1, 0.15) is 17.0 Å². The van der Waals surface area contributed by atoms with E-state index in [-0.39, 0.29) is 11.8 Å².